The first-order valence-corrected chi connectivity index (χ1v) is 9.47. The number of benzene rings is 1. The van der Waals surface area contributed by atoms with Crippen molar-refractivity contribution in [2.24, 2.45) is 0 Å². The molecule has 1 aliphatic heterocycles. The molecule has 5 rings (SSSR count). The van der Waals surface area contributed by atoms with Gasteiger partial charge in [-0.3, -0.25) is 4.98 Å². The van der Waals surface area contributed by atoms with Crippen molar-refractivity contribution in [1.29, 1.82) is 0 Å². The molecule has 1 aliphatic rings. The van der Waals surface area contributed by atoms with Gasteiger partial charge in [-0.1, -0.05) is 30.3 Å². The van der Waals surface area contributed by atoms with E-state index in [0.29, 0.717) is 5.65 Å². The molecule has 4 aromatic rings. The van der Waals surface area contributed by atoms with Crippen molar-refractivity contribution in [3.8, 4) is 22.4 Å². The van der Waals surface area contributed by atoms with Gasteiger partial charge in [0.1, 0.15) is 11.3 Å². The fourth-order valence-electron chi connectivity index (χ4n) is 3.47. The molecule has 3 aromatic heterocycles. The van der Waals surface area contributed by atoms with Gasteiger partial charge in [-0.2, -0.15) is 0 Å². The highest BCUT2D eigenvalue weighted by atomic mass is 15.2. The van der Waals surface area contributed by atoms with Gasteiger partial charge in [-0.15, -0.1) is 0 Å². The van der Waals surface area contributed by atoms with Gasteiger partial charge in [0.15, 0.2) is 5.65 Å². The quantitative estimate of drug-likeness (QED) is 0.599. The van der Waals surface area contributed by atoms with Crippen LogP contribution in [0.3, 0.4) is 0 Å². The van der Waals surface area contributed by atoms with Crippen LogP contribution in [0.15, 0.2) is 67.1 Å². The number of aromatic nitrogens is 4. The lowest BCUT2D eigenvalue weighted by Crippen LogP contribution is -2.43. The summed E-state index contributed by atoms with van der Waals surface area (Å²) >= 11 is 0. The molecule has 0 saturated carbocycles. The van der Waals surface area contributed by atoms with Gasteiger partial charge in [0.25, 0.3) is 0 Å². The number of fused-ring (bicyclic) bond motifs is 1. The maximum atomic E-state index is 4.67. The summed E-state index contributed by atoms with van der Waals surface area (Å²) < 4.78 is 0. The van der Waals surface area contributed by atoms with Crippen LogP contribution in [0.2, 0.25) is 0 Å². The molecule has 0 spiro atoms. The maximum Gasteiger partial charge on any atom is 0.178 e. The first kappa shape index (κ1) is 16.8. The lowest BCUT2D eigenvalue weighted by molar-refractivity contribution is 0.585. The lowest BCUT2D eigenvalue weighted by Gasteiger charge is -2.28. The summed E-state index contributed by atoms with van der Waals surface area (Å²) in [6.45, 7) is 3.92. The molecule has 0 amide bonds. The fraction of sp³-hybridized carbons (Fsp3) is 0.182. The summed E-state index contributed by atoms with van der Waals surface area (Å²) in [5, 5.41) is 3.37. The lowest BCUT2D eigenvalue weighted by atomic mass is 10.1. The summed E-state index contributed by atoms with van der Waals surface area (Å²) in [5.41, 5.74) is 5.43. The molecule has 0 aliphatic carbocycles. The van der Waals surface area contributed by atoms with Crippen molar-refractivity contribution < 1.29 is 0 Å². The zero-order chi connectivity index (χ0) is 18.8. The average Bonchev–Trinajstić information content (AvgIpc) is 2.80. The first-order chi connectivity index (χ1) is 13.9. The number of nitrogens with zero attached hydrogens (tertiary/aromatic N) is 5. The average molecular weight is 368 g/mol. The van der Waals surface area contributed by atoms with E-state index in [1.165, 1.54) is 0 Å². The SMILES string of the molecule is c1ccc(-c2cnc3cc(-c4ccnc(N5CCNCC5)c4)cnc3n2)cc1. The molecule has 1 fully saturated rings. The number of piperazine rings is 1. The van der Waals surface area contributed by atoms with E-state index in [4.69, 9.17) is 0 Å². The highest BCUT2D eigenvalue weighted by molar-refractivity contribution is 5.79. The summed E-state index contributed by atoms with van der Waals surface area (Å²) in [6.07, 6.45) is 5.53. The second-order valence-electron chi connectivity index (χ2n) is 6.83. The van der Waals surface area contributed by atoms with E-state index in [1.54, 1.807) is 0 Å². The minimum atomic E-state index is 0.654. The molecule has 4 heterocycles. The normalized spacial score (nSPS) is 14.4. The van der Waals surface area contributed by atoms with Crippen LogP contribution in [-0.2, 0) is 0 Å². The van der Waals surface area contributed by atoms with E-state index in [9.17, 15) is 0 Å². The Bertz CT molecular complexity index is 1110. The number of hydrogen-bond acceptors (Lipinski definition) is 6. The molecule has 0 bridgehead atoms. The molecule has 6 heteroatoms. The number of nitrogens with one attached hydrogen (secondary N) is 1. The smallest absolute Gasteiger partial charge is 0.178 e. The molecule has 0 unspecified atom stereocenters. The molecule has 0 radical (unpaired) electrons. The van der Waals surface area contributed by atoms with Crippen molar-refractivity contribution >= 4 is 17.0 Å². The second kappa shape index (κ2) is 7.32. The number of hydrogen-bond donors (Lipinski definition) is 1. The molecule has 1 aromatic carbocycles. The highest BCUT2D eigenvalue weighted by Crippen LogP contribution is 2.25. The molecule has 0 atom stereocenters. The Morgan fingerprint density at radius 3 is 2.50 bits per heavy atom. The predicted molar refractivity (Wildman–Crippen MR) is 111 cm³/mol. The molecular weight excluding hydrogens is 348 g/mol. The summed E-state index contributed by atoms with van der Waals surface area (Å²) in [6, 6.07) is 16.2. The molecule has 28 heavy (non-hydrogen) atoms. The van der Waals surface area contributed by atoms with Crippen LogP contribution in [-0.4, -0.2) is 46.1 Å². The Morgan fingerprint density at radius 1 is 0.786 bits per heavy atom. The van der Waals surface area contributed by atoms with Crippen LogP contribution < -0.4 is 10.2 Å². The van der Waals surface area contributed by atoms with Crippen molar-refractivity contribution in [1.82, 2.24) is 25.3 Å². The van der Waals surface area contributed by atoms with Gasteiger partial charge in [0.2, 0.25) is 0 Å². The van der Waals surface area contributed by atoms with E-state index in [1.807, 2.05) is 61.1 Å². The Labute approximate surface area is 163 Å². The fourth-order valence-corrected chi connectivity index (χ4v) is 3.47. The second-order valence-corrected chi connectivity index (χ2v) is 6.83. The maximum absolute atomic E-state index is 4.67. The van der Waals surface area contributed by atoms with Crippen LogP contribution in [0.25, 0.3) is 33.5 Å². The third-order valence-corrected chi connectivity index (χ3v) is 4.99. The van der Waals surface area contributed by atoms with Crippen molar-refractivity contribution in [3.05, 3.63) is 67.1 Å². The van der Waals surface area contributed by atoms with E-state index >= 15 is 0 Å². The number of anilines is 1. The van der Waals surface area contributed by atoms with Gasteiger partial charge in [-0.25, -0.2) is 15.0 Å². The molecule has 1 saturated heterocycles. The van der Waals surface area contributed by atoms with Crippen molar-refractivity contribution in [2.45, 2.75) is 0 Å². The monoisotopic (exact) mass is 368 g/mol. The zero-order valence-corrected chi connectivity index (χ0v) is 15.4. The predicted octanol–water partition coefficient (Wildman–Crippen LogP) is 3.16. The van der Waals surface area contributed by atoms with E-state index < -0.39 is 0 Å². The number of rotatable bonds is 3. The van der Waals surface area contributed by atoms with Crippen molar-refractivity contribution in [3.63, 3.8) is 0 Å². The topological polar surface area (TPSA) is 66.8 Å². The molecule has 1 N–H and O–H groups in total. The van der Waals surface area contributed by atoms with Gasteiger partial charge < -0.3 is 10.2 Å². The first-order valence-electron chi connectivity index (χ1n) is 9.47. The van der Waals surface area contributed by atoms with Crippen LogP contribution in [0, 0.1) is 0 Å². The minimum absolute atomic E-state index is 0.654. The molecule has 6 nitrogen and oxygen atoms in total. The zero-order valence-electron chi connectivity index (χ0n) is 15.4. The third-order valence-electron chi connectivity index (χ3n) is 4.99. The Kier molecular flexibility index (Phi) is 4.39. The third kappa shape index (κ3) is 3.30. The van der Waals surface area contributed by atoms with E-state index in [2.05, 4.69) is 36.2 Å². The van der Waals surface area contributed by atoms with Crippen LogP contribution >= 0.6 is 0 Å². The highest BCUT2D eigenvalue weighted by Gasteiger charge is 2.13. The number of pyridine rings is 2. The van der Waals surface area contributed by atoms with Crippen LogP contribution in [0.4, 0.5) is 5.82 Å². The largest absolute Gasteiger partial charge is 0.354 e. The Morgan fingerprint density at radius 2 is 1.64 bits per heavy atom. The Balaban J connectivity index is 1.48. The van der Waals surface area contributed by atoms with E-state index in [0.717, 1.165) is 59.9 Å². The summed E-state index contributed by atoms with van der Waals surface area (Å²) in [5.74, 6) is 1.00. The Hall–Kier alpha value is -3.38. The molecular formula is C22H20N6. The van der Waals surface area contributed by atoms with Gasteiger partial charge in [0, 0.05) is 49.7 Å². The van der Waals surface area contributed by atoms with E-state index in [-0.39, 0.29) is 0 Å². The van der Waals surface area contributed by atoms with Gasteiger partial charge >= 0.3 is 0 Å². The minimum Gasteiger partial charge on any atom is -0.354 e. The summed E-state index contributed by atoms with van der Waals surface area (Å²) in [4.78, 5) is 20.7. The summed E-state index contributed by atoms with van der Waals surface area (Å²) in [7, 11) is 0. The van der Waals surface area contributed by atoms with Crippen molar-refractivity contribution in [2.75, 3.05) is 31.1 Å². The van der Waals surface area contributed by atoms with Crippen LogP contribution in [0.1, 0.15) is 0 Å². The standard InChI is InChI=1S/C22H20N6/c1-2-4-16(5-3-1)20-15-25-19-12-18(14-26-22(19)27-20)17-6-7-24-21(13-17)28-10-8-23-9-11-28/h1-7,12-15,23H,8-11H2. The van der Waals surface area contributed by atoms with Crippen LogP contribution in [0.5, 0.6) is 0 Å². The molecule has 138 valence electrons. The van der Waals surface area contributed by atoms with Gasteiger partial charge in [0.05, 0.1) is 11.9 Å². The van der Waals surface area contributed by atoms with Gasteiger partial charge in [-0.05, 0) is 23.8 Å².